The standard InChI is InChI=1S/C14H14ClN3O2/c1-20-10-4-2-9(3-5-10)8-17-11-6-7-12(15)18-13(11)14(16)19/h2-7,17H,8H2,1H3,(H2,16,19). The first-order chi connectivity index (χ1) is 9.60. The summed E-state index contributed by atoms with van der Waals surface area (Å²) in [6.45, 7) is 0.535. The van der Waals surface area contributed by atoms with Crippen LogP contribution in [-0.4, -0.2) is 18.0 Å². The third-order valence-electron chi connectivity index (χ3n) is 2.74. The van der Waals surface area contributed by atoms with E-state index in [-0.39, 0.29) is 10.8 Å². The molecule has 0 saturated carbocycles. The Morgan fingerprint density at radius 3 is 2.60 bits per heavy atom. The van der Waals surface area contributed by atoms with Gasteiger partial charge in [0.2, 0.25) is 0 Å². The summed E-state index contributed by atoms with van der Waals surface area (Å²) in [6.07, 6.45) is 0. The van der Waals surface area contributed by atoms with E-state index in [0.717, 1.165) is 11.3 Å². The lowest BCUT2D eigenvalue weighted by Gasteiger charge is -2.10. The van der Waals surface area contributed by atoms with Crippen molar-refractivity contribution in [2.24, 2.45) is 5.73 Å². The van der Waals surface area contributed by atoms with E-state index in [4.69, 9.17) is 22.1 Å². The number of carbonyl (C=O) groups is 1. The molecule has 6 heteroatoms. The van der Waals surface area contributed by atoms with Crippen LogP contribution in [0.25, 0.3) is 0 Å². The van der Waals surface area contributed by atoms with E-state index in [1.54, 1.807) is 19.2 Å². The molecule has 0 bridgehead atoms. The predicted octanol–water partition coefficient (Wildman–Crippen LogP) is 2.45. The molecule has 104 valence electrons. The van der Waals surface area contributed by atoms with Crippen LogP contribution in [-0.2, 0) is 6.54 Å². The molecule has 3 N–H and O–H groups in total. The van der Waals surface area contributed by atoms with Crippen LogP contribution in [0.3, 0.4) is 0 Å². The van der Waals surface area contributed by atoms with Crippen molar-refractivity contribution in [1.82, 2.24) is 4.98 Å². The average Bonchev–Trinajstić information content (AvgIpc) is 2.46. The van der Waals surface area contributed by atoms with Crippen molar-refractivity contribution in [3.63, 3.8) is 0 Å². The quantitative estimate of drug-likeness (QED) is 0.830. The Labute approximate surface area is 121 Å². The molecule has 0 aliphatic heterocycles. The van der Waals surface area contributed by atoms with Crippen molar-refractivity contribution < 1.29 is 9.53 Å². The molecular formula is C14H14ClN3O2. The fourth-order valence-electron chi connectivity index (χ4n) is 1.71. The summed E-state index contributed by atoms with van der Waals surface area (Å²) in [5.74, 6) is 0.171. The number of pyridine rings is 1. The van der Waals surface area contributed by atoms with E-state index in [2.05, 4.69) is 10.3 Å². The summed E-state index contributed by atoms with van der Waals surface area (Å²) in [5.41, 5.74) is 7.00. The highest BCUT2D eigenvalue weighted by atomic mass is 35.5. The van der Waals surface area contributed by atoms with Crippen molar-refractivity contribution in [3.05, 3.63) is 52.8 Å². The molecular weight excluding hydrogens is 278 g/mol. The molecule has 1 aromatic heterocycles. The Morgan fingerprint density at radius 2 is 2.00 bits per heavy atom. The Bertz CT molecular complexity index is 614. The van der Waals surface area contributed by atoms with Gasteiger partial charge in [-0.1, -0.05) is 23.7 Å². The molecule has 0 saturated heterocycles. The largest absolute Gasteiger partial charge is 0.497 e. The van der Waals surface area contributed by atoms with Gasteiger partial charge in [0.25, 0.3) is 5.91 Å². The first-order valence-electron chi connectivity index (χ1n) is 5.93. The van der Waals surface area contributed by atoms with Gasteiger partial charge in [0.1, 0.15) is 10.9 Å². The van der Waals surface area contributed by atoms with E-state index in [1.807, 2.05) is 24.3 Å². The van der Waals surface area contributed by atoms with Crippen molar-refractivity contribution in [1.29, 1.82) is 0 Å². The lowest BCUT2D eigenvalue weighted by atomic mass is 10.2. The number of amides is 1. The monoisotopic (exact) mass is 291 g/mol. The van der Waals surface area contributed by atoms with Gasteiger partial charge < -0.3 is 15.8 Å². The van der Waals surface area contributed by atoms with Crippen LogP contribution in [0.5, 0.6) is 5.75 Å². The van der Waals surface area contributed by atoms with Crippen molar-refractivity contribution >= 4 is 23.2 Å². The Kier molecular flexibility index (Phi) is 4.42. The number of benzene rings is 1. The number of primary amides is 1. The Hall–Kier alpha value is -2.27. The molecule has 0 aliphatic carbocycles. The van der Waals surface area contributed by atoms with Gasteiger partial charge >= 0.3 is 0 Å². The molecule has 0 radical (unpaired) electrons. The Balaban J connectivity index is 2.12. The van der Waals surface area contributed by atoms with Crippen molar-refractivity contribution in [3.8, 4) is 5.75 Å². The maximum Gasteiger partial charge on any atom is 0.269 e. The molecule has 0 unspecified atom stereocenters. The topological polar surface area (TPSA) is 77.2 Å². The highest BCUT2D eigenvalue weighted by molar-refractivity contribution is 6.29. The minimum atomic E-state index is -0.621. The zero-order valence-electron chi connectivity index (χ0n) is 10.9. The highest BCUT2D eigenvalue weighted by Gasteiger charge is 2.10. The van der Waals surface area contributed by atoms with E-state index >= 15 is 0 Å². The summed E-state index contributed by atoms with van der Waals surface area (Å²) < 4.78 is 5.09. The van der Waals surface area contributed by atoms with Gasteiger partial charge in [0.05, 0.1) is 12.8 Å². The zero-order valence-corrected chi connectivity index (χ0v) is 11.6. The maximum atomic E-state index is 11.3. The fourth-order valence-corrected chi connectivity index (χ4v) is 1.85. The molecule has 1 aromatic carbocycles. The van der Waals surface area contributed by atoms with Crippen molar-refractivity contribution in [2.45, 2.75) is 6.54 Å². The van der Waals surface area contributed by atoms with Crippen LogP contribution in [0, 0.1) is 0 Å². The number of nitrogens with two attached hydrogens (primary N) is 1. The first-order valence-corrected chi connectivity index (χ1v) is 6.31. The Morgan fingerprint density at radius 1 is 1.30 bits per heavy atom. The smallest absolute Gasteiger partial charge is 0.269 e. The molecule has 0 aliphatic rings. The summed E-state index contributed by atoms with van der Waals surface area (Å²) in [7, 11) is 1.62. The number of ether oxygens (including phenoxy) is 1. The van der Waals surface area contributed by atoms with Crippen LogP contribution in [0.1, 0.15) is 16.1 Å². The second-order valence-electron chi connectivity index (χ2n) is 4.10. The number of methoxy groups -OCH3 is 1. The molecule has 2 rings (SSSR count). The van der Waals surface area contributed by atoms with Gasteiger partial charge in [0, 0.05) is 6.54 Å². The second-order valence-corrected chi connectivity index (χ2v) is 4.48. The molecule has 0 spiro atoms. The number of nitrogens with one attached hydrogen (secondary N) is 1. The lowest BCUT2D eigenvalue weighted by molar-refractivity contribution is 0.0996. The van der Waals surface area contributed by atoms with Gasteiger partial charge in [0.15, 0.2) is 5.69 Å². The van der Waals surface area contributed by atoms with E-state index < -0.39 is 5.91 Å². The van der Waals surface area contributed by atoms with Gasteiger partial charge in [-0.3, -0.25) is 4.79 Å². The van der Waals surface area contributed by atoms with Crippen LogP contribution in [0.15, 0.2) is 36.4 Å². The predicted molar refractivity (Wildman–Crippen MR) is 78.1 cm³/mol. The van der Waals surface area contributed by atoms with Crippen molar-refractivity contribution in [2.75, 3.05) is 12.4 Å². The number of anilines is 1. The highest BCUT2D eigenvalue weighted by Crippen LogP contribution is 2.18. The molecule has 2 aromatic rings. The molecule has 0 atom stereocenters. The summed E-state index contributed by atoms with van der Waals surface area (Å²) >= 11 is 5.75. The SMILES string of the molecule is COc1ccc(CNc2ccc(Cl)nc2C(N)=O)cc1. The summed E-state index contributed by atoms with van der Waals surface area (Å²) in [5, 5.41) is 3.34. The van der Waals surface area contributed by atoms with Gasteiger partial charge in [-0.25, -0.2) is 4.98 Å². The van der Waals surface area contributed by atoms with E-state index in [9.17, 15) is 4.79 Å². The minimum absolute atomic E-state index is 0.131. The van der Waals surface area contributed by atoms with Gasteiger partial charge in [-0.2, -0.15) is 0 Å². The summed E-state index contributed by atoms with van der Waals surface area (Å²) in [4.78, 5) is 15.2. The van der Waals surface area contributed by atoms with Crippen LogP contribution in [0.2, 0.25) is 5.15 Å². The number of hydrogen-bond donors (Lipinski definition) is 2. The van der Waals surface area contributed by atoms with Crippen LogP contribution in [0.4, 0.5) is 5.69 Å². The number of aromatic nitrogens is 1. The average molecular weight is 292 g/mol. The molecule has 20 heavy (non-hydrogen) atoms. The van der Waals surface area contributed by atoms with Gasteiger partial charge in [-0.05, 0) is 29.8 Å². The first kappa shape index (κ1) is 14.1. The number of hydrogen-bond acceptors (Lipinski definition) is 4. The molecule has 1 amide bonds. The van der Waals surface area contributed by atoms with Crippen LogP contribution >= 0.6 is 11.6 Å². The van der Waals surface area contributed by atoms with Gasteiger partial charge in [-0.15, -0.1) is 0 Å². The number of carbonyl (C=O) groups excluding carboxylic acids is 1. The van der Waals surface area contributed by atoms with E-state index in [0.29, 0.717) is 12.2 Å². The number of halogens is 1. The third-order valence-corrected chi connectivity index (χ3v) is 2.95. The molecule has 5 nitrogen and oxygen atoms in total. The number of rotatable bonds is 5. The molecule has 1 heterocycles. The van der Waals surface area contributed by atoms with E-state index in [1.165, 1.54) is 0 Å². The minimum Gasteiger partial charge on any atom is -0.497 e. The molecule has 0 fully saturated rings. The third kappa shape index (κ3) is 3.39. The lowest BCUT2D eigenvalue weighted by Crippen LogP contribution is -2.16. The maximum absolute atomic E-state index is 11.3. The van der Waals surface area contributed by atoms with Crippen LogP contribution < -0.4 is 15.8 Å². The number of nitrogens with zero attached hydrogens (tertiary/aromatic N) is 1. The fraction of sp³-hybridized carbons (Fsp3) is 0.143. The zero-order chi connectivity index (χ0) is 14.5. The normalized spacial score (nSPS) is 10.1. The second kappa shape index (κ2) is 6.25. The summed E-state index contributed by atoms with van der Waals surface area (Å²) in [6, 6.07) is 10.9.